The highest BCUT2D eigenvalue weighted by molar-refractivity contribution is 6.07. The summed E-state index contributed by atoms with van der Waals surface area (Å²) in [6, 6.07) is 12.5. The fourth-order valence-corrected chi connectivity index (χ4v) is 4.77. The molecule has 0 unspecified atom stereocenters. The van der Waals surface area contributed by atoms with Gasteiger partial charge in [-0.2, -0.15) is 4.39 Å². The molecular weight excluding hydrogens is 437 g/mol. The van der Waals surface area contributed by atoms with Gasteiger partial charge in [-0.1, -0.05) is 12.1 Å². The van der Waals surface area contributed by atoms with Crippen LogP contribution in [-0.2, 0) is 16.8 Å². The zero-order valence-electron chi connectivity index (χ0n) is 19.1. The molecule has 1 aromatic carbocycles. The van der Waals surface area contributed by atoms with Gasteiger partial charge in [0, 0.05) is 31.6 Å². The van der Waals surface area contributed by atoms with Gasteiger partial charge in [0.2, 0.25) is 5.95 Å². The third-order valence-electron chi connectivity index (χ3n) is 6.38. The number of carbonyl (C=O) groups is 1. The van der Waals surface area contributed by atoms with Crippen molar-refractivity contribution in [2.75, 3.05) is 14.2 Å². The van der Waals surface area contributed by atoms with E-state index in [0.717, 1.165) is 11.3 Å². The maximum Gasteiger partial charge on any atom is 0.261 e. The van der Waals surface area contributed by atoms with Crippen LogP contribution in [0.25, 0.3) is 11.3 Å². The molecule has 1 spiro atoms. The number of amides is 1. The summed E-state index contributed by atoms with van der Waals surface area (Å²) in [6.07, 6.45) is 3.65. The van der Waals surface area contributed by atoms with Crippen LogP contribution in [0, 0.1) is 5.95 Å². The molecule has 4 heterocycles. The maximum atomic E-state index is 14.4. The standard InChI is InChI=1S/C25H24FN5O3/c1-24(12-15-6-8-16(33-3)9-7-15)14-25(22(32)31(2)23(27)30-25)18-11-19(29-13-20(18)34-24)17-5-4-10-28-21(17)26/h4-11,13H,12,14H2,1-3H3,(H2,27,30)/t24-,25-/m1/s1. The topological polar surface area (TPSA) is 103 Å². The van der Waals surface area contributed by atoms with E-state index >= 15 is 0 Å². The van der Waals surface area contributed by atoms with Crippen molar-refractivity contribution >= 4 is 11.9 Å². The number of carbonyl (C=O) groups excluding carboxylic acids is 1. The van der Waals surface area contributed by atoms with Crippen LogP contribution >= 0.6 is 0 Å². The van der Waals surface area contributed by atoms with E-state index in [2.05, 4.69) is 15.0 Å². The molecule has 8 nitrogen and oxygen atoms in total. The Balaban J connectivity index is 1.61. The van der Waals surface area contributed by atoms with Crippen LogP contribution in [0.5, 0.6) is 11.5 Å². The fourth-order valence-electron chi connectivity index (χ4n) is 4.77. The Hall–Kier alpha value is -4.01. The normalized spacial score (nSPS) is 23.5. The number of guanidine groups is 1. The van der Waals surface area contributed by atoms with Crippen LogP contribution in [-0.4, -0.2) is 46.5 Å². The lowest BCUT2D eigenvalue weighted by molar-refractivity contribution is -0.133. The molecule has 9 heteroatoms. The van der Waals surface area contributed by atoms with Crippen molar-refractivity contribution in [3.05, 3.63) is 71.9 Å². The first-order valence-electron chi connectivity index (χ1n) is 10.8. The average molecular weight is 461 g/mol. The molecule has 0 radical (unpaired) electrons. The van der Waals surface area contributed by atoms with Crippen LogP contribution in [0.2, 0.25) is 0 Å². The number of hydrogen-bond acceptors (Lipinski definition) is 7. The molecule has 0 aliphatic carbocycles. The highest BCUT2D eigenvalue weighted by atomic mass is 19.1. The summed E-state index contributed by atoms with van der Waals surface area (Å²) < 4.78 is 26.1. The molecular formula is C25H24FN5O3. The van der Waals surface area contributed by atoms with E-state index in [1.807, 2.05) is 31.2 Å². The Bertz CT molecular complexity index is 1310. The number of methoxy groups -OCH3 is 1. The lowest BCUT2D eigenvalue weighted by atomic mass is 9.75. The van der Waals surface area contributed by atoms with Gasteiger partial charge < -0.3 is 15.2 Å². The largest absolute Gasteiger partial charge is 0.497 e. The second kappa shape index (κ2) is 7.79. The predicted molar refractivity (Wildman–Crippen MR) is 124 cm³/mol. The minimum atomic E-state index is -1.30. The first kappa shape index (κ1) is 21.8. The van der Waals surface area contributed by atoms with E-state index in [9.17, 15) is 9.18 Å². The van der Waals surface area contributed by atoms with Gasteiger partial charge in [-0.3, -0.25) is 14.7 Å². The molecule has 0 saturated carbocycles. The van der Waals surface area contributed by atoms with E-state index in [1.165, 1.54) is 17.3 Å². The number of aliphatic imine (C=N–C) groups is 1. The van der Waals surface area contributed by atoms with E-state index in [4.69, 9.17) is 15.2 Å². The van der Waals surface area contributed by atoms with Gasteiger partial charge in [-0.25, -0.2) is 9.98 Å². The highest BCUT2D eigenvalue weighted by Gasteiger charge is 2.57. The number of nitrogens with two attached hydrogens (primary N) is 1. The lowest BCUT2D eigenvalue weighted by Crippen LogP contribution is -2.51. The number of pyridine rings is 2. The number of halogens is 1. The molecule has 2 aliphatic heterocycles. The van der Waals surface area contributed by atoms with E-state index < -0.39 is 17.1 Å². The van der Waals surface area contributed by atoms with Crippen molar-refractivity contribution in [2.45, 2.75) is 30.9 Å². The van der Waals surface area contributed by atoms with Crippen LogP contribution in [0.3, 0.4) is 0 Å². The van der Waals surface area contributed by atoms with Crippen molar-refractivity contribution in [1.82, 2.24) is 14.9 Å². The van der Waals surface area contributed by atoms with Crippen molar-refractivity contribution in [3.8, 4) is 22.8 Å². The number of rotatable bonds is 4. The number of fused-ring (bicyclic) bond motifs is 2. The molecule has 0 saturated heterocycles. The molecule has 0 bridgehead atoms. The van der Waals surface area contributed by atoms with Crippen molar-refractivity contribution in [3.63, 3.8) is 0 Å². The Labute approximate surface area is 196 Å². The molecule has 1 amide bonds. The van der Waals surface area contributed by atoms with Gasteiger partial charge in [-0.15, -0.1) is 0 Å². The fraction of sp³-hybridized carbons (Fsp3) is 0.280. The molecule has 5 rings (SSSR count). The summed E-state index contributed by atoms with van der Waals surface area (Å²) in [7, 11) is 3.21. The Morgan fingerprint density at radius 2 is 2.00 bits per heavy atom. The van der Waals surface area contributed by atoms with E-state index in [0.29, 0.717) is 23.4 Å². The van der Waals surface area contributed by atoms with Gasteiger partial charge in [0.05, 0.1) is 24.6 Å². The average Bonchev–Trinajstić information content (AvgIpc) is 3.03. The lowest BCUT2D eigenvalue weighted by Gasteiger charge is -2.43. The van der Waals surface area contributed by atoms with E-state index in [1.54, 1.807) is 32.4 Å². The third-order valence-corrected chi connectivity index (χ3v) is 6.38. The van der Waals surface area contributed by atoms with Gasteiger partial charge >= 0.3 is 0 Å². The van der Waals surface area contributed by atoms with Gasteiger partial charge in [-0.05, 0) is 42.8 Å². The van der Waals surface area contributed by atoms with Crippen LogP contribution in [0.15, 0.2) is 59.9 Å². The molecule has 3 aromatic rings. The number of aromatic nitrogens is 2. The molecule has 2 N–H and O–H groups in total. The van der Waals surface area contributed by atoms with Crippen molar-refractivity contribution in [1.29, 1.82) is 0 Å². The number of hydrogen-bond donors (Lipinski definition) is 1. The Morgan fingerprint density at radius 1 is 1.24 bits per heavy atom. The highest BCUT2D eigenvalue weighted by Crippen LogP contribution is 2.50. The minimum Gasteiger partial charge on any atom is -0.497 e. The van der Waals surface area contributed by atoms with Crippen LogP contribution in [0.4, 0.5) is 4.39 Å². The number of ether oxygens (including phenoxy) is 2. The van der Waals surface area contributed by atoms with Gasteiger partial charge in [0.15, 0.2) is 11.5 Å². The molecule has 0 fully saturated rings. The number of benzene rings is 1. The summed E-state index contributed by atoms with van der Waals surface area (Å²) in [4.78, 5) is 27.6. The Kier molecular flexibility index (Phi) is 5.00. The zero-order chi connectivity index (χ0) is 24.1. The van der Waals surface area contributed by atoms with E-state index in [-0.39, 0.29) is 23.9 Å². The SMILES string of the molecule is COc1ccc(C[C@]2(C)C[C@@]3(N=C(N)N(C)C3=O)c3cc(-c4cccnc4F)ncc3O2)cc1. The predicted octanol–water partition coefficient (Wildman–Crippen LogP) is 3.06. The van der Waals surface area contributed by atoms with Crippen LogP contribution < -0.4 is 15.2 Å². The van der Waals surface area contributed by atoms with Gasteiger partial charge in [0.25, 0.3) is 5.91 Å². The van der Waals surface area contributed by atoms with Crippen molar-refractivity contribution in [2.24, 2.45) is 10.7 Å². The molecule has 2 aromatic heterocycles. The minimum absolute atomic E-state index is 0.121. The molecule has 34 heavy (non-hydrogen) atoms. The number of nitrogens with zero attached hydrogens (tertiary/aromatic N) is 4. The second-order valence-electron chi connectivity index (χ2n) is 8.86. The number of likely N-dealkylation sites (N-methyl/N-ethyl adjacent to an activating group) is 1. The Morgan fingerprint density at radius 3 is 2.65 bits per heavy atom. The van der Waals surface area contributed by atoms with Gasteiger partial charge in [0.1, 0.15) is 17.1 Å². The monoisotopic (exact) mass is 461 g/mol. The first-order valence-corrected chi connectivity index (χ1v) is 10.8. The third kappa shape index (κ3) is 3.44. The zero-order valence-corrected chi connectivity index (χ0v) is 19.1. The van der Waals surface area contributed by atoms with Crippen molar-refractivity contribution < 1.29 is 18.7 Å². The summed E-state index contributed by atoms with van der Waals surface area (Å²) in [6.45, 7) is 1.94. The summed E-state index contributed by atoms with van der Waals surface area (Å²) >= 11 is 0. The quantitative estimate of drug-likeness (QED) is 0.599. The summed E-state index contributed by atoms with van der Waals surface area (Å²) in [5, 5.41) is 0. The first-order chi connectivity index (χ1) is 16.2. The maximum absolute atomic E-state index is 14.4. The molecule has 174 valence electrons. The summed E-state index contributed by atoms with van der Waals surface area (Å²) in [5.74, 6) is 0.373. The molecule has 2 aliphatic rings. The summed E-state index contributed by atoms with van der Waals surface area (Å²) in [5.41, 5.74) is 6.09. The molecule has 2 atom stereocenters. The smallest absolute Gasteiger partial charge is 0.261 e. The second-order valence-corrected chi connectivity index (χ2v) is 8.86. The van der Waals surface area contributed by atoms with Crippen LogP contribution in [0.1, 0.15) is 24.5 Å².